The molecule has 5 amide bonds. The third-order valence-electron chi connectivity index (χ3n) is 9.46. The number of nitrogens with one attached hydrogen (secondary N) is 5. The van der Waals surface area contributed by atoms with Crippen LogP contribution in [-0.2, 0) is 36.8 Å². The Bertz CT molecular complexity index is 1710. The molecule has 3 aliphatic heterocycles. The van der Waals surface area contributed by atoms with Gasteiger partial charge in [-0.15, -0.1) is 0 Å². The second-order valence-corrected chi connectivity index (χ2v) is 13.4. The highest BCUT2D eigenvalue weighted by Crippen LogP contribution is 2.35. The first-order valence-electron chi connectivity index (χ1n) is 17.7. The van der Waals surface area contributed by atoms with E-state index in [2.05, 4.69) is 41.5 Å². The minimum absolute atomic E-state index is 0.0877. The molecule has 4 aliphatic rings. The number of aromatic nitrogens is 2. The summed E-state index contributed by atoms with van der Waals surface area (Å²) in [7, 11) is 0. The van der Waals surface area contributed by atoms with Gasteiger partial charge in [0.15, 0.2) is 0 Å². The van der Waals surface area contributed by atoms with Crippen LogP contribution in [0.2, 0.25) is 0 Å². The second-order valence-electron chi connectivity index (χ2n) is 13.4. The molecule has 274 valence electrons. The maximum Gasteiger partial charge on any atom is 0.245 e. The lowest BCUT2D eigenvalue weighted by atomic mass is 10.0. The molecule has 1 saturated heterocycles. The number of ether oxygens (including phenoxy) is 1. The summed E-state index contributed by atoms with van der Waals surface area (Å²) in [5.74, 6) is -1.05. The molecule has 52 heavy (non-hydrogen) atoms. The van der Waals surface area contributed by atoms with Gasteiger partial charge in [-0.2, -0.15) is 0 Å². The van der Waals surface area contributed by atoms with Crippen molar-refractivity contribution < 1.29 is 28.7 Å². The average Bonchev–Trinajstić information content (AvgIpc) is 3.94. The molecule has 1 aliphatic carbocycles. The summed E-state index contributed by atoms with van der Waals surface area (Å²) in [6.45, 7) is 4.57. The minimum Gasteiger partial charge on any atom is -0.492 e. The van der Waals surface area contributed by atoms with E-state index in [1.807, 2.05) is 47.4 Å². The summed E-state index contributed by atoms with van der Waals surface area (Å²) < 4.78 is 5.83. The zero-order valence-corrected chi connectivity index (χ0v) is 29.2. The Labute approximate surface area is 302 Å². The molecule has 4 heterocycles. The van der Waals surface area contributed by atoms with Crippen LogP contribution in [0.3, 0.4) is 0 Å². The predicted molar refractivity (Wildman–Crippen MR) is 191 cm³/mol. The minimum atomic E-state index is -1.06. The Hall–Kier alpha value is -5.57. The first-order valence-corrected chi connectivity index (χ1v) is 17.7. The van der Waals surface area contributed by atoms with Gasteiger partial charge in [0.25, 0.3) is 0 Å². The van der Waals surface area contributed by atoms with Crippen LogP contribution in [0, 0.1) is 0 Å². The number of hydrogen-bond acceptors (Lipinski definition) is 10. The fourth-order valence-electron chi connectivity index (χ4n) is 6.27. The largest absolute Gasteiger partial charge is 0.492 e. The van der Waals surface area contributed by atoms with Crippen LogP contribution in [0.5, 0.6) is 5.75 Å². The molecule has 15 heteroatoms. The molecule has 3 aromatic rings. The van der Waals surface area contributed by atoms with Gasteiger partial charge in [-0.3, -0.25) is 28.9 Å². The molecule has 2 bridgehead atoms. The van der Waals surface area contributed by atoms with Crippen LogP contribution in [-0.4, -0.2) is 114 Å². The monoisotopic (exact) mass is 711 g/mol. The van der Waals surface area contributed by atoms with E-state index in [-0.39, 0.29) is 44.4 Å². The quantitative estimate of drug-likeness (QED) is 0.213. The number of piperazine rings is 1. The summed E-state index contributed by atoms with van der Waals surface area (Å²) in [6, 6.07) is 15.1. The van der Waals surface area contributed by atoms with Gasteiger partial charge >= 0.3 is 0 Å². The Morgan fingerprint density at radius 3 is 2.29 bits per heavy atom. The number of carbonyl (C=O) groups is 5. The van der Waals surface area contributed by atoms with Crippen molar-refractivity contribution in [3.8, 4) is 5.75 Å². The summed E-state index contributed by atoms with van der Waals surface area (Å²) in [5.41, 5.74) is 0.511. The highest BCUT2D eigenvalue weighted by atomic mass is 16.5. The van der Waals surface area contributed by atoms with Gasteiger partial charge in [-0.05, 0) is 49.1 Å². The van der Waals surface area contributed by atoms with E-state index < -0.39 is 41.4 Å². The smallest absolute Gasteiger partial charge is 0.245 e. The van der Waals surface area contributed by atoms with E-state index in [0.29, 0.717) is 50.7 Å². The van der Waals surface area contributed by atoms with E-state index >= 15 is 0 Å². The van der Waals surface area contributed by atoms with Crippen LogP contribution in [0.25, 0.3) is 0 Å². The number of amides is 5. The molecule has 2 aromatic carbocycles. The van der Waals surface area contributed by atoms with Crippen molar-refractivity contribution >= 4 is 35.5 Å². The van der Waals surface area contributed by atoms with E-state index in [1.165, 1.54) is 6.92 Å². The Balaban J connectivity index is 1.15. The van der Waals surface area contributed by atoms with E-state index in [0.717, 1.165) is 11.1 Å². The lowest BCUT2D eigenvalue weighted by molar-refractivity contribution is -0.134. The van der Waals surface area contributed by atoms with Crippen LogP contribution in [0.1, 0.15) is 30.9 Å². The lowest BCUT2D eigenvalue weighted by Gasteiger charge is -2.34. The third-order valence-corrected chi connectivity index (χ3v) is 9.46. The highest BCUT2D eigenvalue weighted by Gasteiger charge is 2.51. The Morgan fingerprint density at radius 2 is 1.60 bits per heavy atom. The number of rotatable bonds is 6. The van der Waals surface area contributed by atoms with Crippen molar-refractivity contribution in [1.29, 1.82) is 0 Å². The van der Waals surface area contributed by atoms with E-state index in [4.69, 9.17) is 4.74 Å². The molecular formula is C37H45N9O6. The molecule has 1 spiro atoms. The predicted octanol–water partition coefficient (Wildman–Crippen LogP) is -0.284. The topological polar surface area (TPSA) is 187 Å². The van der Waals surface area contributed by atoms with E-state index in [9.17, 15) is 24.0 Å². The van der Waals surface area contributed by atoms with Crippen LogP contribution in [0.15, 0.2) is 73.1 Å². The first-order chi connectivity index (χ1) is 25.2. The molecule has 1 aromatic heterocycles. The normalized spacial score (nSPS) is 23.0. The zero-order valence-electron chi connectivity index (χ0n) is 29.2. The van der Waals surface area contributed by atoms with E-state index in [1.54, 1.807) is 30.6 Å². The Kier molecular flexibility index (Phi) is 11.6. The van der Waals surface area contributed by atoms with Crippen molar-refractivity contribution in [2.45, 2.75) is 56.3 Å². The first kappa shape index (κ1) is 36.2. The third kappa shape index (κ3) is 9.60. The van der Waals surface area contributed by atoms with Gasteiger partial charge < -0.3 is 36.2 Å². The number of fused-ring (bicyclic) bond motifs is 15. The summed E-state index contributed by atoms with van der Waals surface area (Å²) >= 11 is 0. The molecule has 15 nitrogen and oxygen atoms in total. The lowest BCUT2D eigenvalue weighted by Crippen LogP contribution is -2.59. The standard InChI is InChI=1S/C37H45N9O6/c1-25-32(48)43-30(22-26-6-3-2-4-7-26)34(50)44-37(12-13-37)35(51)38-16-21-52-28-10-8-27(9-11-28)23-29(33(49)41-25)42-31(47)24-45-17-19-46(20-18-45)36-39-14-5-15-40-36/h2-11,14-15,25,29-30H,12-13,16-24H2,1H3,(H,38,51)(H,41,49)(H,42,47)(H,43,48)(H,44,50)/t25-,29-,30+/m0/s1. The van der Waals surface area contributed by atoms with Crippen LogP contribution in [0.4, 0.5) is 5.95 Å². The number of hydrogen-bond donors (Lipinski definition) is 5. The fraction of sp³-hybridized carbons (Fsp3) is 0.432. The van der Waals surface area contributed by atoms with Gasteiger partial charge in [-0.25, -0.2) is 9.97 Å². The highest BCUT2D eigenvalue weighted by molar-refractivity contribution is 5.98. The molecule has 2 fully saturated rings. The zero-order chi connectivity index (χ0) is 36.5. The van der Waals surface area contributed by atoms with Gasteiger partial charge in [0.2, 0.25) is 35.5 Å². The average molecular weight is 712 g/mol. The van der Waals surface area contributed by atoms with Gasteiger partial charge in [0, 0.05) is 51.4 Å². The number of carbonyl (C=O) groups excluding carboxylic acids is 5. The second kappa shape index (κ2) is 16.6. The number of benzene rings is 2. The fourth-order valence-corrected chi connectivity index (χ4v) is 6.27. The molecular weight excluding hydrogens is 666 g/mol. The van der Waals surface area contributed by atoms with Gasteiger partial charge in [-0.1, -0.05) is 42.5 Å². The summed E-state index contributed by atoms with van der Waals surface area (Å²) in [5, 5.41) is 14.1. The molecule has 5 N–H and O–H groups in total. The van der Waals surface area contributed by atoms with Crippen molar-refractivity contribution in [2.75, 3.05) is 50.8 Å². The van der Waals surface area contributed by atoms with Gasteiger partial charge in [0.05, 0.1) is 13.1 Å². The maximum absolute atomic E-state index is 13.8. The summed E-state index contributed by atoms with van der Waals surface area (Å²) in [4.78, 5) is 80.1. The van der Waals surface area contributed by atoms with Crippen LogP contribution >= 0.6 is 0 Å². The summed E-state index contributed by atoms with van der Waals surface area (Å²) in [6.07, 6.45) is 4.66. The molecule has 0 unspecified atom stereocenters. The van der Waals surface area contributed by atoms with Crippen molar-refractivity contribution in [2.24, 2.45) is 0 Å². The van der Waals surface area contributed by atoms with Gasteiger partial charge in [0.1, 0.15) is 36.0 Å². The number of anilines is 1. The van der Waals surface area contributed by atoms with Crippen molar-refractivity contribution in [3.63, 3.8) is 0 Å². The molecule has 7 rings (SSSR count). The molecule has 3 atom stereocenters. The van der Waals surface area contributed by atoms with Crippen molar-refractivity contribution in [3.05, 3.63) is 84.2 Å². The van der Waals surface area contributed by atoms with Crippen LogP contribution < -0.4 is 36.2 Å². The Morgan fingerprint density at radius 1 is 0.885 bits per heavy atom. The van der Waals surface area contributed by atoms with Crippen molar-refractivity contribution in [1.82, 2.24) is 41.5 Å². The SMILES string of the molecule is C[C@@H]1NC(=O)[C@@H](NC(=O)CN2CCN(c3ncccn3)CC2)Cc2ccc(cc2)OCCNC(=O)C2(CC2)NC(=O)[C@@H](Cc2ccccc2)NC1=O. The molecule has 0 radical (unpaired) electrons. The number of nitrogens with zero attached hydrogens (tertiary/aromatic N) is 4. The maximum atomic E-state index is 13.8. The molecule has 1 saturated carbocycles.